The molecule has 1 nitrogen and oxygen atoms in total. The van der Waals surface area contributed by atoms with Gasteiger partial charge in [0.1, 0.15) is 0 Å². The van der Waals surface area contributed by atoms with Gasteiger partial charge in [0.05, 0.1) is 17.9 Å². The first kappa shape index (κ1) is 16.9. The van der Waals surface area contributed by atoms with Crippen molar-refractivity contribution in [3.8, 4) is 0 Å². The molecule has 1 unspecified atom stereocenters. The van der Waals surface area contributed by atoms with E-state index in [0.29, 0.717) is 14.8 Å². The van der Waals surface area contributed by atoms with E-state index >= 15 is 0 Å². The first-order chi connectivity index (χ1) is 8.20. The van der Waals surface area contributed by atoms with E-state index < -0.39 is 8.07 Å². The molecule has 0 aromatic carbocycles. The van der Waals surface area contributed by atoms with Gasteiger partial charge in [0.2, 0.25) is 0 Å². The molecule has 0 amide bonds. The molecule has 0 spiro atoms. The zero-order valence-electron chi connectivity index (χ0n) is 13.1. The lowest BCUT2D eigenvalue weighted by molar-refractivity contribution is 0.105. The molecule has 108 valence electrons. The maximum Gasteiger partial charge on any atom is 0.0836 e. The molecule has 0 aliphatic carbocycles. The van der Waals surface area contributed by atoms with Gasteiger partial charge >= 0.3 is 0 Å². The second kappa shape index (κ2) is 6.11. The normalized spacial score (nSPS) is 22.5. The van der Waals surface area contributed by atoms with E-state index in [9.17, 15) is 0 Å². The third kappa shape index (κ3) is 3.13. The summed E-state index contributed by atoms with van der Waals surface area (Å²) >= 11 is 4.17. The molecule has 0 radical (unpaired) electrons. The molecule has 1 heterocycles. The molecular weight excluding hydrogens is 276 g/mol. The maximum absolute atomic E-state index is 5.92. The van der Waals surface area contributed by atoms with Crippen molar-refractivity contribution in [3.63, 3.8) is 0 Å². The van der Waals surface area contributed by atoms with Gasteiger partial charge in [0.15, 0.2) is 0 Å². The van der Waals surface area contributed by atoms with Crippen molar-refractivity contribution in [2.75, 3.05) is 19.1 Å². The average molecular weight is 307 g/mol. The van der Waals surface area contributed by atoms with Crippen molar-refractivity contribution >= 4 is 31.6 Å². The number of thioether (sulfide) groups is 2. The van der Waals surface area contributed by atoms with Crippen molar-refractivity contribution in [2.45, 2.75) is 68.0 Å². The standard InChI is InChI=1S/C14H30OS2Si/c1-13(2,3)18(6,7)14(16-4,17-5)11-12-9-8-10-15-12/h12H,8-11H2,1-7H3. The van der Waals surface area contributed by atoms with Crippen molar-refractivity contribution in [1.82, 2.24) is 0 Å². The summed E-state index contributed by atoms with van der Waals surface area (Å²) in [6.45, 7) is 13.4. The van der Waals surface area contributed by atoms with Crippen LogP contribution in [0.1, 0.15) is 40.0 Å². The third-order valence-electron chi connectivity index (χ3n) is 5.01. The van der Waals surface area contributed by atoms with Gasteiger partial charge in [-0.25, -0.2) is 0 Å². The summed E-state index contributed by atoms with van der Waals surface area (Å²) in [7, 11) is -1.41. The van der Waals surface area contributed by atoms with Crippen molar-refractivity contribution < 1.29 is 4.74 Å². The van der Waals surface area contributed by atoms with Crippen LogP contribution < -0.4 is 0 Å². The van der Waals surface area contributed by atoms with E-state index in [4.69, 9.17) is 4.74 Å². The Morgan fingerprint density at radius 1 is 1.17 bits per heavy atom. The van der Waals surface area contributed by atoms with Crippen LogP contribution in [0.4, 0.5) is 0 Å². The molecule has 1 fully saturated rings. The lowest BCUT2D eigenvalue weighted by atomic mass is 10.2. The van der Waals surface area contributed by atoms with Gasteiger partial charge < -0.3 is 4.74 Å². The molecule has 0 aromatic rings. The van der Waals surface area contributed by atoms with Crippen LogP contribution in [-0.4, -0.2) is 37.0 Å². The summed E-state index contributed by atoms with van der Waals surface area (Å²) in [6.07, 6.45) is 8.83. The Balaban J connectivity index is 2.97. The van der Waals surface area contributed by atoms with E-state index in [-0.39, 0.29) is 0 Å². The SMILES string of the molecule is CSC(CC1CCCO1)(SC)[Si](C)(C)C(C)(C)C. The summed E-state index contributed by atoms with van der Waals surface area (Å²) in [4.78, 5) is 0. The van der Waals surface area contributed by atoms with Crippen LogP contribution in [0.2, 0.25) is 18.1 Å². The van der Waals surface area contributed by atoms with Gasteiger partial charge in [0, 0.05) is 6.61 Å². The smallest absolute Gasteiger partial charge is 0.0836 e. The Morgan fingerprint density at radius 3 is 2.06 bits per heavy atom. The van der Waals surface area contributed by atoms with Crippen LogP contribution in [0.3, 0.4) is 0 Å². The summed E-state index contributed by atoms with van der Waals surface area (Å²) < 4.78 is 6.29. The highest BCUT2D eigenvalue weighted by molar-refractivity contribution is 8.20. The molecule has 4 heteroatoms. The molecule has 0 saturated carbocycles. The molecule has 1 aliphatic heterocycles. The molecule has 0 bridgehead atoms. The first-order valence-corrected chi connectivity index (χ1v) is 12.4. The van der Waals surface area contributed by atoms with Crippen LogP contribution in [0.25, 0.3) is 0 Å². The van der Waals surface area contributed by atoms with Crippen LogP contribution in [0, 0.1) is 0 Å². The van der Waals surface area contributed by atoms with E-state index in [0.717, 1.165) is 6.61 Å². The Morgan fingerprint density at radius 2 is 1.72 bits per heavy atom. The predicted molar refractivity (Wildman–Crippen MR) is 90.5 cm³/mol. The summed E-state index contributed by atoms with van der Waals surface area (Å²) in [6, 6.07) is 0. The van der Waals surface area contributed by atoms with Crippen molar-refractivity contribution in [1.29, 1.82) is 0 Å². The van der Waals surface area contributed by atoms with Gasteiger partial charge in [0.25, 0.3) is 0 Å². The molecule has 1 aliphatic rings. The lowest BCUT2D eigenvalue weighted by Gasteiger charge is -2.51. The van der Waals surface area contributed by atoms with Crippen molar-refractivity contribution in [2.24, 2.45) is 0 Å². The summed E-state index contributed by atoms with van der Waals surface area (Å²) in [5, 5.41) is 0.428. The fraction of sp³-hybridized carbons (Fsp3) is 1.00. The van der Waals surface area contributed by atoms with E-state index in [1.165, 1.54) is 19.3 Å². The molecule has 0 N–H and O–H groups in total. The van der Waals surface area contributed by atoms with Crippen LogP contribution in [-0.2, 0) is 4.74 Å². The Bertz CT molecular complexity index is 263. The third-order valence-corrected chi connectivity index (χ3v) is 17.8. The highest BCUT2D eigenvalue weighted by Crippen LogP contribution is 2.55. The fourth-order valence-electron chi connectivity index (χ4n) is 2.69. The van der Waals surface area contributed by atoms with Gasteiger partial charge in [-0.2, -0.15) is 23.5 Å². The molecule has 1 rings (SSSR count). The Hall–Kier alpha value is 0.877. The Kier molecular flexibility index (Phi) is 5.74. The zero-order chi connectivity index (χ0) is 14.0. The number of hydrogen-bond donors (Lipinski definition) is 0. The fourth-order valence-corrected chi connectivity index (χ4v) is 11.9. The van der Waals surface area contributed by atoms with Crippen LogP contribution >= 0.6 is 23.5 Å². The second-order valence-corrected chi connectivity index (χ2v) is 15.7. The van der Waals surface area contributed by atoms with Crippen LogP contribution in [0.15, 0.2) is 0 Å². The summed E-state index contributed by atoms with van der Waals surface area (Å²) in [5.41, 5.74) is 0. The van der Waals surface area contributed by atoms with Gasteiger partial charge in [-0.3, -0.25) is 0 Å². The average Bonchev–Trinajstić information content (AvgIpc) is 2.76. The van der Waals surface area contributed by atoms with Gasteiger partial charge in [-0.05, 0) is 36.8 Å². The minimum atomic E-state index is -1.41. The Labute approximate surface area is 123 Å². The zero-order valence-corrected chi connectivity index (χ0v) is 15.8. The molecule has 1 saturated heterocycles. The number of rotatable bonds is 5. The highest BCUT2D eigenvalue weighted by Gasteiger charge is 2.53. The van der Waals surface area contributed by atoms with Gasteiger partial charge in [-0.1, -0.05) is 33.9 Å². The van der Waals surface area contributed by atoms with E-state index in [1.54, 1.807) is 0 Å². The first-order valence-electron chi connectivity index (χ1n) is 6.92. The quantitative estimate of drug-likeness (QED) is 0.521. The van der Waals surface area contributed by atoms with E-state index in [2.05, 4.69) is 69.9 Å². The van der Waals surface area contributed by atoms with Crippen molar-refractivity contribution in [3.05, 3.63) is 0 Å². The monoisotopic (exact) mass is 306 g/mol. The summed E-state index contributed by atoms with van der Waals surface area (Å²) in [5.74, 6) is 0. The minimum absolute atomic E-state index is 0.375. The lowest BCUT2D eigenvalue weighted by Crippen LogP contribution is -2.56. The molecular formula is C14H30OS2Si. The number of ether oxygens (including phenoxy) is 1. The molecule has 0 aromatic heterocycles. The minimum Gasteiger partial charge on any atom is -0.378 e. The second-order valence-electron chi connectivity index (χ2n) is 6.88. The van der Waals surface area contributed by atoms with Gasteiger partial charge in [-0.15, -0.1) is 0 Å². The van der Waals surface area contributed by atoms with E-state index in [1.807, 2.05) is 0 Å². The van der Waals surface area contributed by atoms with Crippen LogP contribution in [0.5, 0.6) is 0 Å². The highest BCUT2D eigenvalue weighted by atomic mass is 32.2. The number of hydrogen-bond acceptors (Lipinski definition) is 3. The molecule has 18 heavy (non-hydrogen) atoms. The maximum atomic E-state index is 5.92. The topological polar surface area (TPSA) is 9.23 Å². The molecule has 1 atom stereocenters. The largest absolute Gasteiger partial charge is 0.378 e. The predicted octanol–water partition coefficient (Wildman–Crippen LogP) is 5.03.